The van der Waals surface area contributed by atoms with Gasteiger partial charge in [-0.2, -0.15) is 0 Å². The van der Waals surface area contributed by atoms with Crippen LogP contribution in [0, 0.1) is 10.1 Å². The summed E-state index contributed by atoms with van der Waals surface area (Å²) in [5, 5.41) is 10.3. The number of nitro groups is 1. The van der Waals surface area contributed by atoms with Gasteiger partial charge in [-0.15, -0.1) is 0 Å². The summed E-state index contributed by atoms with van der Waals surface area (Å²) in [6.07, 6.45) is 0. The Balaban J connectivity index is 3.33. The summed E-state index contributed by atoms with van der Waals surface area (Å²) >= 11 is 0. The molecule has 0 saturated carbocycles. The zero-order valence-corrected chi connectivity index (χ0v) is 6.02. The minimum absolute atomic E-state index is 0.00176. The van der Waals surface area contributed by atoms with Crippen molar-refractivity contribution < 1.29 is 4.92 Å². The van der Waals surface area contributed by atoms with Crippen LogP contribution in [0.4, 0.5) is 23.0 Å². The van der Waals surface area contributed by atoms with E-state index in [9.17, 15) is 10.1 Å². The topological polar surface area (TPSA) is 134 Å². The molecule has 0 spiro atoms. The van der Waals surface area contributed by atoms with Gasteiger partial charge in [-0.05, 0) is 0 Å². The third kappa shape index (κ3) is 1.19. The van der Waals surface area contributed by atoms with Crippen LogP contribution in [-0.2, 0) is 0 Å². The third-order valence-electron chi connectivity index (χ3n) is 1.29. The van der Waals surface area contributed by atoms with Crippen LogP contribution in [0.5, 0.6) is 0 Å². The van der Waals surface area contributed by atoms with Crippen molar-refractivity contribution in [2.24, 2.45) is 0 Å². The lowest BCUT2D eigenvalue weighted by atomic mass is 10.3. The highest BCUT2D eigenvalue weighted by Gasteiger charge is 2.14. The molecular weight excluding hydrogens is 162 g/mol. The minimum Gasteiger partial charge on any atom is -0.396 e. The van der Waals surface area contributed by atoms with Gasteiger partial charge < -0.3 is 17.2 Å². The Kier molecular flexibility index (Phi) is 1.70. The van der Waals surface area contributed by atoms with Gasteiger partial charge in [0.15, 0.2) is 0 Å². The zero-order valence-electron chi connectivity index (χ0n) is 6.02. The molecule has 1 aromatic rings. The monoisotopic (exact) mass is 169 g/mol. The molecule has 1 heterocycles. The highest BCUT2D eigenvalue weighted by molar-refractivity contribution is 5.69. The predicted octanol–water partition coefficient (Wildman–Crippen LogP) is -0.264. The zero-order chi connectivity index (χ0) is 9.30. The predicted molar refractivity (Wildman–Crippen MR) is 44.1 cm³/mol. The van der Waals surface area contributed by atoms with Crippen LogP contribution >= 0.6 is 0 Å². The van der Waals surface area contributed by atoms with E-state index in [1.807, 2.05) is 0 Å². The molecule has 1 aromatic heterocycles. The maximum Gasteiger partial charge on any atom is 0.313 e. The fourth-order valence-electron chi connectivity index (χ4n) is 0.693. The molecule has 0 unspecified atom stereocenters. The number of aromatic nitrogens is 1. The normalized spacial score (nSPS) is 9.67. The second-order valence-electron chi connectivity index (χ2n) is 2.12. The maximum atomic E-state index is 10.3. The molecule has 6 N–H and O–H groups in total. The summed E-state index contributed by atoms with van der Waals surface area (Å²) in [6, 6.07) is 1.08. The first-order chi connectivity index (χ1) is 5.52. The standard InChI is InChI=1S/C5H7N5O2/c6-2-1-3(10(11)12)5(8)9-4(2)7/h1H,6H2,(H4,7,8,9). The van der Waals surface area contributed by atoms with Gasteiger partial charge in [0.2, 0.25) is 5.82 Å². The van der Waals surface area contributed by atoms with Crippen molar-refractivity contribution in [3.05, 3.63) is 16.2 Å². The first kappa shape index (κ1) is 8.05. The van der Waals surface area contributed by atoms with E-state index in [2.05, 4.69) is 4.98 Å². The Morgan fingerprint density at radius 2 is 1.92 bits per heavy atom. The number of anilines is 3. The molecule has 0 aliphatic heterocycles. The van der Waals surface area contributed by atoms with Crippen molar-refractivity contribution in [1.82, 2.24) is 4.98 Å². The number of nitrogens with zero attached hydrogens (tertiary/aromatic N) is 2. The van der Waals surface area contributed by atoms with Gasteiger partial charge in [-0.1, -0.05) is 0 Å². The molecule has 0 radical (unpaired) electrons. The molecule has 1 rings (SSSR count). The lowest BCUT2D eigenvalue weighted by Crippen LogP contribution is -2.04. The Labute approximate surface area is 67.3 Å². The molecule has 64 valence electrons. The molecule has 0 aliphatic rings. The average molecular weight is 169 g/mol. The number of hydrogen-bond acceptors (Lipinski definition) is 6. The lowest BCUT2D eigenvalue weighted by molar-refractivity contribution is -0.384. The van der Waals surface area contributed by atoms with Gasteiger partial charge in [0.05, 0.1) is 10.6 Å². The summed E-state index contributed by atoms with van der Waals surface area (Å²) in [7, 11) is 0. The molecule has 0 aliphatic carbocycles. The first-order valence-electron chi connectivity index (χ1n) is 2.98. The molecule has 7 nitrogen and oxygen atoms in total. The molecule has 0 amide bonds. The highest BCUT2D eigenvalue weighted by Crippen LogP contribution is 2.24. The van der Waals surface area contributed by atoms with E-state index in [0.29, 0.717) is 0 Å². The summed E-state index contributed by atoms with van der Waals surface area (Å²) in [4.78, 5) is 13.1. The number of hydrogen-bond donors (Lipinski definition) is 3. The maximum absolute atomic E-state index is 10.3. The highest BCUT2D eigenvalue weighted by atomic mass is 16.6. The van der Waals surface area contributed by atoms with E-state index in [1.54, 1.807) is 0 Å². The molecule has 0 aromatic carbocycles. The van der Waals surface area contributed by atoms with Crippen molar-refractivity contribution in [2.75, 3.05) is 17.2 Å². The second-order valence-corrected chi connectivity index (χ2v) is 2.12. The van der Waals surface area contributed by atoms with Crippen LogP contribution in [0.25, 0.3) is 0 Å². The molecule has 0 atom stereocenters. The SMILES string of the molecule is Nc1cc([N+](=O)[O-])c(N)nc1N. The number of nitrogen functional groups attached to an aromatic ring is 3. The minimum atomic E-state index is -0.669. The summed E-state index contributed by atoms with van der Waals surface area (Å²) in [6.45, 7) is 0. The molecule has 12 heavy (non-hydrogen) atoms. The first-order valence-corrected chi connectivity index (χ1v) is 2.98. The van der Waals surface area contributed by atoms with Crippen molar-refractivity contribution in [3.63, 3.8) is 0 Å². The van der Waals surface area contributed by atoms with Gasteiger partial charge >= 0.3 is 5.69 Å². The van der Waals surface area contributed by atoms with E-state index < -0.39 is 4.92 Å². The van der Waals surface area contributed by atoms with Gasteiger partial charge in [0.25, 0.3) is 0 Å². The van der Waals surface area contributed by atoms with E-state index >= 15 is 0 Å². The summed E-state index contributed by atoms with van der Waals surface area (Å²) < 4.78 is 0. The van der Waals surface area contributed by atoms with Crippen molar-refractivity contribution >= 4 is 23.0 Å². The molecule has 0 bridgehead atoms. The fraction of sp³-hybridized carbons (Fsp3) is 0. The Morgan fingerprint density at radius 3 is 2.42 bits per heavy atom. The molecule has 0 fully saturated rings. The van der Waals surface area contributed by atoms with Crippen LogP contribution in [0.15, 0.2) is 6.07 Å². The molecular formula is C5H7N5O2. The van der Waals surface area contributed by atoms with Crippen LogP contribution in [0.2, 0.25) is 0 Å². The van der Waals surface area contributed by atoms with E-state index in [0.717, 1.165) is 6.07 Å². The smallest absolute Gasteiger partial charge is 0.313 e. The Morgan fingerprint density at radius 1 is 1.33 bits per heavy atom. The van der Waals surface area contributed by atoms with Crippen LogP contribution in [-0.4, -0.2) is 9.91 Å². The van der Waals surface area contributed by atoms with Crippen LogP contribution in [0.3, 0.4) is 0 Å². The Bertz CT molecular complexity index is 337. The van der Waals surface area contributed by atoms with E-state index in [4.69, 9.17) is 17.2 Å². The average Bonchev–Trinajstić information content (AvgIpc) is 1.96. The van der Waals surface area contributed by atoms with Gasteiger partial charge in [0, 0.05) is 6.07 Å². The summed E-state index contributed by atoms with van der Waals surface area (Å²) in [5.41, 5.74) is 15.5. The van der Waals surface area contributed by atoms with Crippen LogP contribution < -0.4 is 17.2 Å². The molecule has 0 saturated heterocycles. The van der Waals surface area contributed by atoms with Gasteiger partial charge in [-0.25, -0.2) is 4.98 Å². The van der Waals surface area contributed by atoms with Gasteiger partial charge in [0.1, 0.15) is 5.82 Å². The number of rotatable bonds is 1. The van der Waals surface area contributed by atoms with Crippen molar-refractivity contribution in [2.45, 2.75) is 0 Å². The van der Waals surface area contributed by atoms with Gasteiger partial charge in [-0.3, -0.25) is 10.1 Å². The third-order valence-corrected chi connectivity index (χ3v) is 1.29. The number of nitrogens with two attached hydrogens (primary N) is 3. The summed E-state index contributed by atoms with van der Waals surface area (Å²) in [5.74, 6) is -0.232. The number of pyridine rings is 1. The second kappa shape index (κ2) is 2.53. The lowest BCUT2D eigenvalue weighted by Gasteiger charge is -2.00. The van der Waals surface area contributed by atoms with Crippen LogP contribution in [0.1, 0.15) is 0 Å². The largest absolute Gasteiger partial charge is 0.396 e. The Hall–Kier alpha value is -2.05. The quantitative estimate of drug-likeness (QED) is 0.391. The van der Waals surface area contributed by atoms with E-state index in [1.165, 1.54) is 0 Å². The van der Waals surface area contributed by atoms with Crippen molar-refractivity contribution in [1.29, 1.82) is 0 Å². The molecule has 7 heteroatoms. The fourth-order valence-corrected chi connectivity index (χ4v) is 0.693. The van der Waals surface area contributed by atoms with Crippen molar-refractivity contribution in [3.8, 4) is 0 Å². The van der Waals surface area contributed by atoms with E-state index in [-0.39, 0.29) is 23.0 Å².